The van der Waals surface area contributed by atoms with Crippen LogP contribution in [0.15, 0.2) is 388 Å². The third-order valence-corrected chi connectivity index (χ3v) is 27.6. The van der Waals surface area contributed by atoms with Gasteiger partial charge in [0.05, 0.1) is 11.4 Å². The van der Waals surface area contributed by atoms with Crippen LogP contribution in [0.4, 0.5) is 0 Å². The molecule has 0 radical (unpaired) electrons. The molecular weight excluding hydrogens is 1140 g/mol. The molecule has 0 saturated carbocycles. The Morgan fingerprint density at radius 3 is 0.717 bits per heavy atom. The molecule has 15 aromatic rings. The number of aromatic nitrogens is 2. The van der Waals surface area contributed by atoms with E-state index >= 15 is 0 Å². The van der Waals surface area contributed by atoms with Crippen molar-refractivity contribution < 1.29 is 0 Å². The minimum absolute atomic E-state index is 0.648. The highest BCUT2D eigenvalue weighted by Crippen LogP contribution is 2.33. The van der Waals surface area contributed by atoms with Crippen molar-refractivity contribution in [2.24, 2.45) is 0 Å². The summed E-state index contributed by atoms with van der Waals surface area (Å²) < 4.78 is 0. The van der Waals surface area contributed by atoms with Gasteiger partial charge < -0.3 is 0 Å². The Bertz CT molecular complexity index is 4790. The van der Waals surface area contributed by atoms with Gasteiger partial charge in [0.25, 0.3) is 0 Å². The number of benzene rings is 14. The van der Waals surface area contributed by atoms with Crippen LogP contribution in [-0.4, -0.2) is 26.1 Å². The zero-order chi connectivity index (χ0) is 61.5. The maximum absolute atomic E-state index is 5.88. The molecule has 0 saturated heterocycles. The number of hydrogen-bond donors (Lipinski definition) is 0. The van der Waals surface area contributed by atoms with E-state index < -0.39 is 16.1 Å². The maximum atomic E-state index is 5.88. The Labute approximate surface area is 541 Å². The molecule has 0 amide bonds. The lowest BCUT2D eigenvalue weighted by atomic mass is 10.00. The first-order valence-electron chi connectivity index (χ1n) is 31.6. The lowest BCUT2D eigenvalue weighted by Crippen LogP contribution is -2.78. The summed E-state index contributed by atoms with van der Waals surface area (Å²) >= 11 is 0. The standard InChI is InChI=1S/C88H64N2Si2/c1-9-30-65(31-10-1)70-40-25-45-75(56-70)86-64-87(90-88(89-86)76-46-26-41-71(57-76)66-32-11-2-12-33-66)77-61-84(91(78-47-19-6-20-48-78,79-49-21-7-22-50-79)81-53-27-42-72(58-81)67-34-13-3-14-35-67)63-85(62-77)92(80-51-23-8-24-52-80,82-54-28-43-73(59-82)68-36-15-4-16-37-68)83-55-29-44-74(60-83)69-38-17-5-18-39-69/h1-64H. The minimum atomic E-state index is -3.54. The van der Waals surface area contributed by atoms with Crippen molar-refractivity contribution in [3.05, 3.63) is 388 Å². The first-order chi connectivity index (χ1) is 45.6. The monoisotopic (exact) mass is 1200 g/mol. The molecule has 0 atom stereocenters. The number of nitrogens with zero attached hydrogens (tertiary/aromatic N) is 2. The van der Waals surface area contributed by atoms with E-state index in [4.69, 9.17) is 9.97 Å². The van der Waals surface area contributed by atoms with Gasteiger partial charge >= 0.3 is 0 Å². The smallest absolute Gasteiger partial charge is 0.179 e. The number of rotatable bonds is 16. The van der Waals surface area contributed by atoms with Gasteiger partial charge in [-0.2, -0.15) is 0 Å². The summed E-state index contributed by atoms with van der Waals surface area (Å²) in [4.78, 5) is 11.5. The average molecular weight is 1210 g/mol. The fourth-order valence-corrected chi connectivity index (χ4v) is 23.7. The van der Waals surface area contributed by atoms with E-state index in [0.29, 0.717) is 5.82 Å². The molecule has 15 rings (SSSR count). The molecule has 1 heterocycles. The third kappa shape index (κ3) is 11.1. The van der Waals surface area contributed by atoms with Crippen LogP contribution < -0.4 is 41.5 Å². The quantitative estimate of drug-likeness (QED) is 0.0712. The molecule has 0 aliphatic rings. The van der Waals surface area contributed by atoms with Crippen LogP contribution in [0.25, 0.3) is 89.5 Å². The lowest BCUT2D eigenvalue weighted by Gasteiger charge is -2.39. The molecule has 0 unspecified atom stereocenters. The van der Waals surface area contributed by atoms with E-state index in [0.717, 1.165) is 50.3 Å². The van der Waals surface area contributed by atoms with Gasteiger partial charge in [0.15, 0.2) is 22.0 Å². The van der Waals surface area contributed by atoms with Crippen molar-refractivity contribution in [2.45, 2.75) is 0 Å². The molecule has 0 fully saturated rings. The summed E-state index contributed by atoms with van der Waals surface area (Å²) in [6.45, 7) is 0. The Balaban J connectivity index is 1.11. The molecule has 1 aromatic heterocycles. The predicted molar refractivity (Wildman–Crippen MR) is 393 cm³/mol. The molecule has 4 heteroatoms. The Morgan fingerprint density at radius 2 is 0.370 bits per heavy atom. The normalized spacial score (nSPS) is 11.5. The average Bonchev–Trinajstić information content (AvgIpc) is 0.722. The van der Waals surface area contributed by atoms with Crippen molar-refractivity contribution in [1.82, 2.24) is 9.97 Å². The lowest BCUT2D eigenvalue weighted by molar-refractivity contribution is 1.18. The van der Waals surface area contributed by atoms with E-state index in [-0.39, 0.29) is 0 Å². The minimum Gasteiger partial charge on any atom is -0.228 e. The van der Waals surface area contributed by atoms with E-state index in [9.17, 15) is 0 Å². The molecule has 0 spiro atoms. The van der Waals surface area contributed by atoms with Crippen molar-refractivity contribution in [3.63, 3.8) is 0 Å². The molecule has 0 aliphatic heterocycles. The summed E-state index contributed by atoms with van der Waals surface area (Å²) in [6.07, 6.45) is 0. The SMILES string of the molecule is c1ccc(-c2cccc(-c3cc(-c4cc([Si](c5ccccc5)(c5ccccc5)c5cccc(-c6ccccc6)c5)cc([Si](c5ccccc5)(c5cccc(-c6ccccc6)c5)c5cccc(-c6ccccc6)c5)c4)nc(-c4cccc(-c5ccccc5)c4)n3)c2)cc1. The largest absolute Gasteiger partial charge is 0.228 e. The first kappa shape index (κ1) is 57.1. The van der Waals surface area contributed by atoms with E-state index in [1.807, 2.05) is 0 Å². The van der Waals surface area contributed by atoms with Gasteiger partial charge in [-0.15, -0.1) is 0 Å². The maximum Gasteiger partial charge on any atom is 0.179 e. The van der Waals surface area contributed by atoms with E-state index in [1.54, 1.807) is 0 Å². The topological polar surface area (TPSA) is 25.8 Å². The second kappa shape index (κ2) is 25.6. The highest BCUT2D eigenvalue weighted by atomic mass is 28.3. The van der Waals surface area contributed by atoms with Gasteiger partial charge in [0.1, 0.15) is 0 Å². The molecule has 0 aliphatic carbocycles. The molecule has 14 aromatic carbocycles. The van der Waals surface area contributed by atoms with Crippen LogP contribution in [0, 0.1) is 0 Å². The van der Waals surface area contributed by atoms with Gasteiger partial charge in [-0.25, -0.2) is 9.97 Å². The molecule has 92 heavy (non-hydrogen) atoms. The summed E-state index contributed by atoms with van der Waals surface area (Å²) in [5.74, 6) is 0.648. The molecule has 0 N–H and O–H groups in total. The second-order valence-electron chi connectivity index (χ2n) is 23.6. The van der Waals surface area contributed by atoms with Crippen LogP contribution in [-0.2, 0) is 0 Å². The van der Waals surface area contributed by atoms with Crippen LogP contribution in [0.5, 0.6) is 0 Å². The highest BCUT2D eigenvalue weighted by Gasteiger charge is 2.46. The Kier molecular flexibility index (Phi) is 15.9. The van der Waals surface area contributed by atoms with Crippen LogP contribution in [0.3, 0.4) is 0 Å². The zero-order valence-electron chi connectivity index (χ0n) is 50.8. The fraction of sp³-hybridized carbons (Fsp3) is 0. The van der Waals surface area contributed by atoms with Crippen LogP contribution >= 0.6 is 0 Å². The molecule has 2 nitrogen and oxygen atoms in total. The molecule has 434 valence electrons. The van der Waals surface area contributed by atoms with Gasteiger partial charge in [-0.1, -0.05) is 370 Å². The van der Waals surface area contributed by atoms with Crippen LogP contribution in [0.2, 0.25) is 0 Å². The van der Waals surface area contributed by atoms with Crippen LogP contribution in [0.1, 0.15) is 0 Å². The highest BCUT2D eigenvalue weighted by molar-refractivity contribution is 7.22. The summed E-state index contributed by atoms with van der Waals surface area (Å²) in [5, 5.41) is 10.2. The fourth-order valence-electron chi connectivity index (χ4n) is 13.8. The molecular formula is C88H64N2Si2. The second-order valence-corrected chi connectivity index (χ2v) is 31.2. The van der Waals surface area contributed by atoms with Gasteiger partial charge in [-0.05, 0) is 115 Å². The van der Waals surface area contributed by atoms with E-state index in [2.05, 4.69) is 388 Å². The molecule has 0 bridgehead atoms. The Morgan fingerprint density at radius 1 is 0.141 bits per heavy atom. The summed E-state index contributed by atoms with van der Waals surface area (Å²) in [5.41, 5.74) is 16.1. The van der Waals surface area contributed by atoms with Gasteiger partial charge in [0, 0.05) is 16.7 Å². The Hall–Kier alpha value is -11.4. The first-order valence-corrected chi connectivity index (χ1v) is 35.6. The van der Waals surface area contributed by atoms with Crippen molar-refractivity contribution in [3.8, 4) is 89.5 Å². The van der Waals surface area contributed by atoms with Crippen molar-refractivity contribution >= 4 is 57.6 Å². The summed E-state index contributed by atoms with van der Waals surface area (Å²) in [6, 6.07) is 144. The van der Waals surface area contributed by atoms with Crippen molar-refractivity contribution in [2.75, 3.05) is 0 Å². The van der Waals surface area contributed by atoms with Gasteiger partial charge in [-0.3, -0.25) is 0 Å². The van der Waals surface area contributed by atoms with Crippen molar-refractivity contribution in [1.29, 1.82) is 0 Å². The predicted octanol–water partition coefficient (Wildman–Crippen LogP) is 16.6. The summed E-state index contributed by atoms with van der Waals surface area (Å²) in [7, 11) is -6.97. The third-order valence-electron chi connectivity index (χ3n) is 18.1. The van der Waals surface area contributed by atoms with E-state index in [1.165, 1.54) is 74.9 Å². The van der Waals surface area contributed by atoms with Gasteiger partial charge in [0.2, 0.25) is 0 Å². The number of hydrogen-bond acceptors (Lipinski definition) is 2. The zero-order valence-corrected chi connectivity index (χ0v) is 52.8.